The maximum atomic E-state index is 14.7. The molecule has 8 nitrogen and oxygen atoms in total. The Morgan fingerprint density at radius 3 is 2.54 bits per heavy atom. The number of nitrogens with one attached hydrogen (secondary N) is 1. The zero-order valence-corrected chi connectivity index (χ0v) is 20.3. The third-order valence-corrected chi connectivity index (χ3v) is 6.68. The first kappa shape index (κ1) is 24.5. The van der Waals surface area contributed by atoms with Gasteiger partial charge in [0.05, 0.1) is 22.3 Å². The number of rotatable bonds is 9. The number of hydrogen-bond donors (Lipinski definition) is 2. The molecule has 2 heterocycles. The van der Waals surface area contributed by atoms with E-state index in [1.165, 1.54) is 43.7 Å². The van der Waals surface area contributed by atoms with Crippen molar-refractivity contribution in [1.29, 1.82) is 0 Å². The maximum absolute atomic E-state index is 14.7. The van der Waals surface area contributed by atoms with Gasteiger partial charge in [-0.05, 0) is 75.5 Å². The van der Waals surface area contributed by atoms with Crippen LogP contribution >= 0.6 is 11.5 Å². The number of nitrogens with two attached hydrogens (primary N) is 1. The first-order valence-electron chi connectivity index (χ1n) is 11.1. The lowest BCUT2D eigenvalue weighted by molar-refractivity contribution is -0.122. The van der Waals surface area contributed by atoms with Crippen molar-refractivity contribution in [3.8, 4) is 17.0 Å². The number of Topliss-reactive ketones (excluding diaryl/α,β-unsaturated/α-hetero) is 1. The molecule has 4 rings (SSSR count). The second-order valence-electron chi connectivity index (χ2n) is 9.03. The van der Waals surface area contributed by atoms with E-state index in [1.54, 1.807) is 24.3 Å². The highest BCUT2D eigenvalue weighted by Gasteiger charge is 2.31. The Kier molecular flexibility index (Phi) is 6.66. The highest BCUT2D eigenvalue weighted by molar-refractivity contribution is 7.06. The zero-order chi connectivity index (χ0) is 25.3. The number of amides is 2. The number of ether oxygens (including phenoxy) is 1. The quantitative estimate of drug-likeness (QED) is 0.430. The van der Waals surface area contributed by atoms with Gasteiger partial charge in [0.2, 0.25) is 5.91 Å². The Hall–Kier alpha value is -3.66. The molecule has 3 aromatic rings. The second kappa shape index (κ2) is 9.53. The summed E-state index contributed by atoms with van der Waals surface area (Å²) in [5.74, 6) is -1.50. The lowest BCUT2D eigenvalue weighted by Crippen LogP contribution is -2.53. The lowest BCUT2D eigenvalue weighted by Gasteiger charge is -2.22. The van der Waals surface area contributed by atoms with Crippen molar-refractivity contribution in [3.05, 3.63) is 64.5 Å². The van der Waals surface area contributed by atoms with Gasteiger partial charge in [-0.2, -0.15) is 4.37 Å². The van der Waals surface area contributed by atoms with E-state index in [-0.39, 0.29) is 23.4 Å². The van der Waals surface area contributed by atoms with E-state index in [2.05, 4.69) is 14.7 Å². The molecule has 10 heteroatoms. The number of nitrogens with zero attached hydrogens (tertiary/aromatic N) is 2. The summed E-state index contributed by atoms with van der Waals surface area (Å²) in [6.45, 7) is 4.74. The predicted octanol–water partition coefficient (Wildman–Crippen LogP) is 4.07. The highest BCUT2D eigenvalue weighted by atomic mass is 32.1. The summed E-state index contributed by atoms with van der Waals surface area (Å²) in [6.07, 6.45) is 3.04. The van der Waals surface area contributed by atoms with Gasteiger partial charge in [0.1, 0.15) is 28.9 Å². The van der Waals surface area contributed by atoms with E-state index in [4.69, 9.17) is 10.5 Å². The van der Waals surface area contributed by atoms with Gasteiger partial charge in [-0.3, -0.25) is 14.4 Å². The number of carbonyl (C=O) groups excluding carboxylic acids is 3. The van der Waals surface area contributed by atoms with Crippen LogP contribution < -0.4 is 15.8 Å². The summed E-state index contributed by atoms with van der Waals surface area (Å²) in [6, 6.07) is 9.32. The van der Waals surface area contributed by atoms with Crippen molar-refractivity contribution >= 4 is 29.1 Å². The largest absolute Gasteiger partial charge is 0.484 e. The molecule has 0 bridgehead atoms. The fraction of sp³-hybridized carbons (Fsp3) is 0.320. The normalized spacial score (nSPS) is 14.3. The van der Waals surface area contributed by atoms with Gasteiger partial charge < -0.3 is 15.8 Å². The lowest BCUT2D eigenvalue weighted by atomic mass is 10.0. The Labute approximate surface area is 205 Å². The molecule has 0 radical (unpaired) electrons. The summed E-state index contributed by atoms with van der Waals surface area (Å²) in [4.78, 5) is 40.9. The molecule has 0 unspecified atom stereocenters. The van der Waals surface area contributed by atoms with Crippen LogP contribution in [-0.2, 0) is 4.79 Å². The zero-order valence-electron chi connectivity index (χ0n) is 19.5. The fourth-order valence-corrected chi connectivity index (χ4v) is 4.02. The van der Waals surface area contributed by atoms with Crippen LogP contribution in [0.5, 0.6) is 5.75 Å². The number of halogens is 1. The second-order valence-corrected chi connectivity index (χ2v) is 9.87. The molecule has 182 valence electrons. The van der Waals surface area contributed by atoms with E-state index < -0.39 is 23.2 Å². The van der Waals surface area contributed by atoms with Crippen LogP contribution in [0.25, 0.3) is 11.3 Å². The molecule has 1 atom stereocenters. The Balaban J connectivity index is 1.43. The van der Waals surface area contributed by atoms with Crippen LogP contribution in [0.1, 0.15) is 65.4 Å². The minimum absolute atomic E-state index is 0.0732. The van der Waals surface area contributed by atoms with Crippen molar-refractivity contribution < 1.29 is 23.5 Å². The molecule has 0 saturated heterocycles. The van der Waals surface area contributed by atoms with E-state index in [0.717, 1.165) is 17.7 Å². The molecule has 35 heavy (non-hydrogen) atoms. The van der Waals surface area contributed by atoms with Gasteiger partial charge in [0.15, 0.2) is 5.78 Å². The molecule has 2 aromatic heterocycles. The van der Waals surface area contributed by atoms with Crippen LogP contribution in [0.3, 0.4) is 0 Å². The van der Waals surface area contributed by atoms with Crippen molar-refractivity contribution in [2.75, 3.05) is 0 Å². The van der Waals surface area contributed by atoms with E-state index in [9.17, 15) is 18.8 Å². The number of primary amides is 1. The first-order chi connectivity index (χ1) is 16.5. The van der Waals surface area contributed by atoms with Crippen LogP contribution in [0.4, 0.5) is 4.39 Å². The predicted molar refractivity (Wildman–Crippen MR) is 129 cm³/mol. The highest BCUT2D eigenvalue weighted by Crippen LogP contribution is 2.33. The molecular formula is C25H25FN4O4S. The number of aromatic nitrogens is 2. The Morgan fingerprint density at radius 2 is 1.94 bits per heavy atom. The topological polar surface area (TPSA) is 124 Å². The monoisotopic (exact) mass is 496 g/mol. The number of ketones is 1. The van der Waals surface area contributed by atoms with Gasteiger partial charge in [-0.1, -0.05) is 6.07 Å². The molecule has 2 amide bonds. The van der Waals surface area contributed by atoms with Crippen molar-refractivity contribution in [3.63, 3.8) is 0 Å². The van der Waals surface area contributed by atoms with Gasteiger partial charge in [-0.25, -0.2) is 9.37 Å². The maximum Gasteiger partial charge on any atom is 0.255 e. The molecule has 1 aromatic carbocycles. The summed E-state index contributed by atoms with van der Waals surface area (Å²) >= 11 is 1.22. The third-order valence-electron chi connectivity index (χ3n) is 5.73. The van der Waals surface area contributed by atoms with E-state index in [1.807, 2.05) is 6.92 Å². The third kappa shape index (κ3) is 5.54. The van der Waals surface area contributed by atoms with Crippen LogP contribution in [0.15, 0.2) is 42.6 Å². The van der Waals surface area contributed by atoms with Crippen LogP contribution in [0.2, 0.25) is 0 Å². The first-order valence-corrected chi connectivity index (χ1v) is 11.9. The van der Waals surface area contributed by atoms with E-state index >= 15 is 0 Å². The smallest absolute Gasteiger partial charge is 0.255 e. The summed E-state index contributed by atoms with van der Waals surface area (Å²) in [7, 11) is 0. The standard InChI is InChI=1S/C25H25FN4O4S/c1-13(34-16-7-9-19(28-12-16)22(31)14-4-5-14)21-11-20(30-35-21)15-6-8-17(18(26)10-15)23(32)29-25(2,3)24(27)33/h6-14H,4-5H2,1-3H3,(H2,27,33)(H,29,32)/t13-/m1/s1. The van der Waals surface area contributed by atoms with Gasteiger partial charge in [-0.15, -0.1) is 0 Å². The number of carbonyl (C=O) groups is 3. The van der Waals surface area contributed by atoms with Crippen molar-refractivity contribution in [2.45, 2.75) is 45.3 Å². The van der Waals surface area contributed by atoms with Gasteiger partial charge in [0.25, 0.3) is 5.91 Å². The minimum atomic E-state index is -1.31. The summed E-state index contributed by atoms with van der Waals surface area (Å²) in [5, 5.41) is 2.42. The van der Waals surface area contributed by atoms with Gasteiger partial charge >= 0.3 is 0 Å². The number of benzene rings is 1. The van der Waals surface area contributed by atoms with Crippen LogP contribution in [0, 0.1) is 11.7 Å². The molecule has 1 saturated carbocycles. The molecule has 1 aliphatic carbocycles. The number of hydrogen-bond acceptors (Lipinski definition) is 7. The Bertz CT molecular complexity index is 1280. The fourth-order valence-electron chi connectivity index (χ4n) is 3.30. The average Bonchev–Trinajstić information content (AvgIpc) is 3.54. The number of pyridine rings is 1. The average molecular weight is 497 g/mol. The summed E-state index contributed by atoms with van der Waals surface area (Å²) in [5.41, 5.74) is 5.22. The van der Waals surface area contributed by atoms with E-state index in [0.29, 0.717) is 22.7 Å². The SMILES string of the molecule is C[C@@H](Oc1ccc(C(=O)C2CC2)nc1)c1cc(-c2ccc(C(=O)NC(C)(C)C(N)=O)c(F)c2)ns1. The van der Waals surface area contributed by atoms with Gasteiger partial charge in [0, 0.05) is 11.5 Å². The van der Waals surface area contributed by atoms with Crippen molar-refractivity contribution in [2.24, 2.45) is 11.7 Å². The molecule has 1 aliphatic rings. The minimum Gasteiger partial charge on any atom is -0.484 e. The summed E-state index contributed by atoms with van der Waals surface area (Å²) < 4.78 is 25.0. The van der Waals surface area contributed by atoms with Crippen LogP contribution in [-0.4, -0.2) is 32.5 Å². The Morgan fingerprint density at radius 1 is 1.20 bits per heavy atom. The molecule has 1 fully saturated rings. The molecule has 0 aliphatic heterocycles. The van der Waals surface area contributed by atoms with Crippen molar-refractivity contribution in [1.82, 2.24) is 14.7 Å². The molecule has 3 N–H and O–H groups in total. The molecule has 0 spiro atoms. The molecular weight excluding hydrogens is 471 g/mol.